The average molecular weight is 243 g/mol. The van der Waals surface area contributed by atoms with E-state index in [1.54, 1.807) is 6.20 Å². The molecule has 0 fully saturated rings. The Morgan fingerprint density at radius 2 is 1.84 bits per heavy atom. The summed E-state index contributed by atoms with van der Waals surface area (Å²) in [5.41, 5.74) is 8.86. The molecule has 2 radical (unpaired) electrons. The van der Waals surface area contributed by atoms with Gasteiger partial charge >= 0.3 is 0 Å². The molecule has 0 saturated carbocycles. The second kappa shape index (κ2) is 3.51. The highest BCUT2D eigenvalue weighted by molar-refractivity contribution is 6.34. The molecule has 0 amide bonds. The Kier molecular flexibility index (Phi) is 1.93. The molecule has 0 saturated heterocycles. The van der Waals surface area contributed by atoms with Gasteiger partial charge in [-0.15, -0.1) is 0 Å². The van der Waals surface area contributed by atoms with E-state index >= 15 is 0 Å². The summed E-state index contributed by atoms with van der Waals surface area (Å²) >= 11 is 0. The maximum absolute atomic E-state index is 6.03. The van der Waals surface area contributed by atoms with Gasteiger partial charge in [-0.25, -0.2) is 4.98 Å². The van der Waals surface area contributed by atoms with Crippen LogP contribution in [-0.4, -0.2) is 17.8 Å². The lowest BCUT2D eigenvalue weighted by atomic mass is 9.92. The van der Waals surface area contributed by atoms with Gasteiger partial charge < -0.3 is 10.7 Å². The third-order valence-corrected chi connectivity index (χ3v) is 3.54. The Labute approximate surface area is 110 Å². The van der Waals surface area contributed by atoms with Gasteiger partial charge in [-0.05, 0) is 22.9 Å². The predicted octanol–water partition coefficient (Wildman–Crippen LogP) is 2.25. The van der Waals surface area contributed by atoms with Crippen LogP contribution in [0.25, 0.3) is 32.6 Å². The fourth-order valence-electron chi connectivity index (χ4n) is 2.71. The number of benzene rings is 2. The first-order valence-corrected chi connectivity index (χ1v) is 6.08. The lowest BCUT2D eigenvalue weighted by Crippen LogP contribution is -1.99. The van der Waals surface area contributed by atoms with Crippen LogP contribution in [0.2, 0.25) is 0 Å². The molecule has 3 N–H and O–H groups in total. The number of H-pyrrole nitrogens is 1. The number of anilines is 1. The first kappa shape index (κ1) is 10.4. The maximum Gasteiger partial charge on any atom is 0.133 e. The summed E-state index contributed by atoms with van der Waals surface area (Å²) in [4.78, 5) is 7.56. The van der Waals surface area contributed by atoms with Gasteiger partial charge in [0.1, 0.15) is 13.7 Å². The molecule has 0 aliphatic rings. The van der Waals surface area contributed by atoms with Crippen LogP contribution in [-0.2, 0) is 0 Å². The van der Waals surface area contributed by atoms with Crippen LogP contribution in [0, 0.1) is 0 Å². The van der Waals surface area contributed by atoms with Crippen LogP contribution in [0.5, 0.6) is 0 Å². The van der Waals surface area contributed by atoms with E-state index in [0.717, 1.165) is 38.0 Å². The van der Waals surface area contributed by atoms with Crippen LogP contribution in [0.4, 0.5) is 5.82 Å². The Bertz CT molecular complexity index is 940. The number of pyridine rings is 1. The van der Waals surface area contributed by atoms with E-state index in [4.69, 9.17) is 13.6 Å². The standard InChI is InChI=1S/C15H10BN3/c16-9-2-3-10-8(7-9)1-4-11-13(10)14-12(19-11)5-6-18-15(14)17/h1-7,19H,(H2,17,18). The lowest BCUT2D eigenvalue weighted by molar-refractivity contribution is 1.36. The molecule has 4 rings (SSSR count). The number of hydrogen-bond acceptors (Lipinski definition) is 2. The van der Waals surface area contributed by atoms with E-state index in [9.17, 15) is 0 Å². The monoisotopic (exact) mass is 243 g/mol. The zero-order valence-corrected chi connectivity index (χ0v) is 10.1. The molecule has 0 spiro atoms. The maximum atomic E-state index is 6.03. The fraction of sp³-hybridized carbons (Fsp3) is 0. The van der Waals surface area contributed by atoms with Gasteiger partial charge in [0, 0.05) is 17.1 Å². The minimum absolute atomic E-state index is 0.549. The fourth-order valence-corrected chi connectivity index (χ4v) is 2.71. The van der Waals surface area contributed by atoms with Gasteiger partial charge in [-0.2, -0.15) is 0 Å². The van der Waals surface area contributed by atoms with Crippen LogP contribution in [0.3, 0.4) is 0 Å². The number of aromatic nitrogens is 2. The van der Waals surface area contributed by atoms with E-state index < -0.39 is 0 Å². The van der Waals surface area contributed by atoms with Crippen molar-refractivity contribution in [1.29, 1.82) is 0 Å². The minimum Gasteiger partial charge on any atom is -0.383 e. The first-order chi connectivity index (χ1) is 9.24. The smallest absolute Gasteiger partial charge is 0.133 e. The molecular formula is C15H10BN3. The third-order valence-electron chi connectivity index (χ3n) is 3.54. The predicted molar refractivity (Wildman–Crippen MR) is 80.9 cm³/mol. The van der Waals surface area contributed by atoms with Crippen molar-refractivity contribution in [3.8, 4) is 0 Å². The topological polar surface area (TPSA) is 54.7 Å². The van der Waals surface area contributed by atoms with E-state index in [1.165, 1.54) is 0 Å². The van der Waals surface area contributed by atoms with Crippen molar-refractivity contribution in [2.24, 2.45) is 0 Å². The average Bonchev–Trinajstić information content (AvgIpc) is 2.78. The molecule has 0 aliphatic heterocycles. The summed E-state index contributed by atoms with van der Waals surface area (Å²) in [6.07, 6.45) is 1.72. The second-order valence-corrected chi connectivity index (χ2v) is 4.71. The number of aromatic amines is 1. The number of fused-ring (bicyclic) bond motifs is 5. The minimum atomic E-state index is 0.549. The van der Waals surface area contributed by atoms with Crippen molar-refractivity contribution in [2.45, 2.75) is 0 Å². The summed E-state index contributed by atoms with van der Waals surface area (Å²) in [6, 6.07) is 12.0. The number of nitrogens with one attached hydrogen (secondary N) is 1. The summed E-state index contributed by atoms with van der Waals surface area (Å²) in [5, 5.41) is 4.33. The second-order valence-electron chi connectivity index (χ2n) is 4.71. The van der Waals surface area contributed by atoms with Gasteiger partial charge in [0.2, 0.25) is 0 Å². The first-order valence-electron chi connectivity index (χ1n) is 6.08. The van der Waals surface area contributed by atoms with Crippen molar-refractivity contribution >= 4 is 51.7 Å². The highest BCUT2D eigenvalue weighted by atomic mass is 14.8. The van der Waals surface area contributed by atoms with Crippen molar-refractivity contribution in [1.82, 2.24) is 9.97 Å². The van der Waals surface area contributed by atoms with E-state index in [1.807, 2.05) is 24.3 Å². The van der Waals surface area contributed by atoms with Crippen molar-refractivity contribution in [3.05, 3.63) is 42.6 Å². The quantitative estimate of drug-likeness (QED) is 0.465. The summed E-state index contributed by atoms with van der Waals surface area (Å²) < 4.78 is 0. The molecule has 0 unspecified atom stereocenters. The number of nitrogens with zero attached hydrogens (tertiary/aromatic N) is 1. The molecule has 88 valence electrons. The molecule has 19 heavy (non-hydrogen) atoms. The Morgan fingerprint density at radius 3 is 2.74 bits per heavy atom. The van der Waals surface area contributed by atoms with E-state index in [2.05, 4.69) is 22.1 Å². The van der Waals surface area contributed by atoms with Crippen LogP contribution >= 0.6 is 0 Å². The van der Waals surface area contributed by atoms with Crippen LogP contribution in [0.15, 0.2) is 42.6 Å². The number of hydrogen-bond donors (Lipinski definition) is 2. The van der Waals surface area contributed by atoms with Gasteiger partial charge in [-0.1, -0.05) is 29.7 Å². The van der Waals surface area contributed by atoms with Gasteiger partial charge in [0.15, 0.2) is 0 Å². The summed E-state index contributed by atoms with van der Waals surface area (Å²) in [6.45, 7) is 0. The van der Waals surface area contributed by atoms with E-state index in [-0.39, 0.29) is 0 Å². The number of rotatable bonds is 0. The zero-order chi connectivity index (χ0) is 13.0. The summed E-state index contributed by atoms with van der Waals surface area (Å²) in [5.74, 6) is 0.549. The lowest BCUT2D eigenvalue weighted by Gasteiger charge is -2.03. The van der Waals surface area contributed by atoms with Gasteiger partial charge in [0.05, 0.1) is 10.9 Å². The molecule has 3 nitrogen and oxygen atoms in total. The zero-order valence-electron chi connectivity index (χ0n) is 10.1. The van der Waals surface area contributed by atoms with Crippen molar-refractivity contribution < 1.29 is 0 Å². The molecule has 4 aromatic rings. The molecule has 2 heterocycles. The van der Waals surface area contributed by atoms with Crippen molar-refractivity contribution in [2.75, 3.05) is 5.73 Å². The molecule has 0 atom stereocenters. The van der Waals surface area contributed by atoms with E-state index in [0.29, 0.717) is 5.82 Å². The molecule has 0 bridgehead atoms. The summed E-state index contributed by atoms with van der Waals surface area (Å²) in [7, 11) is 5.84. The molecule has 2 aromatic heterocycles. The molecule has 2 aromatic carbocycles. The Morgan fingerprint density at radius 1 is 1.00 bits per heavy atom. The Hall–Kier alpha value is -2.49. The number of nitrogen functional groups attached to an aromatic ring is 1. The Balaban J connectivity index is 2.34. The molecule has 0 aliphatic carbocycles. The SMILES string of the molecule is [B]c1ccc2c(ccc3[nH]c4ccnc(N)c4c32)c1. The van der Waals surface area contributed by atoms with Crippen molar-refractivity contribution in [3.63, 3.8) is 0 Å². The van der Waals surface area contributed by atoms with Gasteiger partial charge in [0.25, 0.3) is 0 Å². The van der Waals surface area contributed by atoms with Crippen LogP contribution in [0.1, 0.15) is 0 Å². The number of nitrogens with two attached hydrogens (primary N) is 1. The largest absolute Gasteiger partial charge is 0.383 e. The normalized spacial score (nSPS) is 11.6. The van der Waals surface area contributed by atoms with Crippen LogP contribution < -0.4 is 11.2 Å². The van der Waals surface area contributed by atoms with Gasteiger partial charge in [-0.3, -0.25) is 0 Å². The molecular weight excluding hydrogens is 233 g/mol. The molecule has 4 heteroatoms. The highest BCUT2D eigenvalue weighted by Crippen LogP contribution is 2.33. The highest BCUT2D eigenvalue weighted by Gasteiger charge is 2.10. The third kappa shape index (κ3) is 1.37.